The summed E-state index contributed by atoms with van der Waals surface area (Å²) in [7, 11) is 0. The van der Waals surface area contributed by atoms with Gasteiger partial charge in [0.25, 0.3) is 0 Å². The van der Waals surface area contributed by atoms with Gasteiger partial charge in [-0.2, -0.15) is 0 Å². The quantitative estimate of drug-likeness (QED) is 0.575. The molecule has 2 nitrogen and oxygen atoms in total. The lowest BCUT2D eigenvalue weighted by atomic mass is 9.81. The number of halogens is 2. The Morgan fingerprint density at radius 1 is 1.44 bits per heavy atom. The molecule has 0 bridgehead atoms. The van der Waals surface area contributed by atoms with Crippen molar-refractivity contribution in [2.45, 2.75) is 32.2 Å². The standard InChI is InChI=1S/C14H16ClIN2/c1-9-6-11(7-9)18-13-3-2-10(16)8-12(13)17-14(18)4-5-15/h2-3,8-9,11H,4-7H2,1H3. The zero-order valence-corrected chi connectivity index (χ0v) is 13.3. The van der Waals surface area contributed by atoms with Crippen molar-refractivity contribution in [3.8, 4) is 0 Å². The minimum absolute atomic E-state index is 0.628. The van der Waals surface area contributed by atoms with Gasteiger partial charge < -0.3 is 4.57 Å². The highest BCUT2D eigenvalue weighted by molar-refractivity contribution is 14.1. The van der Waals surface area contributed by atoms with E-state index in [-0.39, 0.29) is 0 Å². The maximum Gasteiger partial charge on any atom is 0.111 e. The molecule has 0 radical (unpaired) electrons. The van der Waals surface area contributed by atoms with Crippen LogP contribution in [0.25, 0.3) is 11.0 Å². The third-order valence-corrected chi connectivity index (χ3v) is 4.62. The molecule has 1 fully saturated rings. The molecular formula is C14H16ClIN2. The molecule has 0 N–H and O–H groups in total. The summed E-state index contributed by atoms with van der Waals surface area (Å²) in [5.41, 5.74) is 2.38. The molecule has 96 valence electrons. The molecule has 1 aromatic carbocycles. The first-order chi connectivity index (χ1) is 8.69. The van der Waals surface area contributed by atoms with Gasteiger partial charge in [-0.1, -0.05) is 6.92 Å². The van der Waals surface area contributed by atoms with Gasteiger partial charge in [0, 0.05) is 21.9 Å². The summed E-state index contributed by atoms with van der Waals surface area (Å²) >= 11 is 8.25. The largest absolute Gasteiger partial charge is 0.325 e. The Morgan fingerprint density at radius 2 is 2.22 bits per heavy atom. The minimum atomic E-state index is 0.628. The smallest absolute Gasteiger partial charge is 0.111 e. The fourth-order valence-electron chi connectivity index (χ4n) is 2.86. The van der Waals surface area contributed by atoms with Gasteiger partial charge in [0.2, 0.25) is 0 Å². The van der Waals surface area contributed by atoms with Crippen LogP contribution in [0.2, 0.25) is 0 Å². The van der Waals surface area contributed by atoms with E-state index in [1.54, 1.807) is 0 Å². The van der Waals surface area contributed by atoms with Crippen LogP contribution in [0.4, 0.5) is 0 Å². The Balaban J connectivity index is 2.10. The van der Waals surface area contributed by atoms with E-state index in [9.17, 15) is 0 Å². The van der Waals surface area contributed by atoms with Crippen molar-refractivity contribution in [1.82, 2.24) is 9.55 Å². The van der Waals surface area contributed by atoms with E-state index < -0.39 is 0 Å². The summed E-state index contributed by atoms with van der Waals surface area (Å²) in [6.07, 6.45) is 3.40. The lowest BCUT2D eigenvalue weighted by molar-refractivity contribution is 0.217. The Bertz CT molecular complexity index is 572. The van der Waals surface area contributed by atoms with Gasteiger partial charge in [-0.05, 0) is 59.5 Å². The van der Waals surface area contributed by atoms with E-state index in [2.05, 4.69) is 52.3 Å². The predicted octanol–water partition coefficient (Wildman–Crippen LogP) is 4.39. The topological polar surface area (TPSA) is 17.8 Å². The van der Waals surface area contributed by atoms with Crippen LogP contribution in [-0.2, 0) is 6.42 Å². The predicted molar refractivity (Wildman–Crippen MR) is 84.3 cm³/mol. The molecule has 4 heteroatoms. The van der Waals surface area contributed by atoms with Gasteiger partial charge in [-0.3, -0.25) is 0 Å². The van der Waals surface area contributed by atoms with Gasteiger partial charge in [-0.15, -0.1) is 11.6 Å². The number of hydrogen-bond acceptors (Lipinski definition) is 1. The fraction of sp³-hybridized carbons (Fsp3) is 0.500. The number of imidazole rings is 1. The fourth-order valence-corrected chi connectivity index (χ4v) is 3.50. The Kier molecular flexibility index (Phi) is 3.54. The number of rotatable bonds is 3. The number of aromatic nitrogens is 2. The average Bonchev–Trinajstić information content (AvgIpc) is 2.62. The van der Waals surface area contributed by atoms with E-state index >= 15 is 0 Å². The molecule has 1 aliphatic carbocycles. The normalized spacial score (nSPS) is 23.3. The van der Waals surface area contributed by atoms with Crippen LogP contribution in [0.1, 0.15) is 31.6 Å². The van der Waals surface area contributed by atoms with Crippen molar-refractivity contribution in [2.24, 2.45) is 5.92 Å². The van der Waals surface area contributed by atoms with Crippen molar-refractivity contribution in [1.29, 1.82) is 0 Å². The second-order valence-corrected chi connectivity index (χ2v) is 6.82. The summed E-state index contributed by atoms with van der Waals surface area (Å²) in [6.45, 7) is 2.32. The van der Waals surface area contributed by atoms with E-state index in [0.29, 0.717) is 11.9 Å². The Morgan fingerprint density at radius 3 is 2.89 bits per heavy atom. The van der Waals surface area contributed by atoms with E-state index in [4.69, 9.17) is 16.6 Å². The number of hydrogen-bond donors (Lipinski definition) is 0. The van der Waals surface area contributed by atoms with Gasteiger partial charge in [-0.25, -0.2) is 4.98 Å². The molecule has 1 heterocycles. The highest BCUT2D eigenvalue weighted by Gasteiger charge is 2.29. The van der Waals surface area contributed by atoms with Crippen LogP contribution in [0, 0.1) is 9.49 Å². The molecule has 18 heavy (non-hydrogen) atoms. The molecule has 1 saturated carbocycles. The molecule has 1 aliphatic rings. The molecule has 0 unspecified atom stereocenters. The highest BCUT2D eigenvalue weighted by Crippen LogP contribution is 2.40. The first kappa shape index (κ1) is 12.7. The van der Waals surface area contributed by atoms with E-state index in [1.165, 1.54) is 21.9 Å². The summed E-state index contributed by atoms with van der Waals surface area (Å²) in [4.78, 5) is 4.76. The van der Waals surface area contributed by atoms with E-state index in [0.717, 1.165) is 23.7 Å². The van der Waals surface area contributed by atoms with Gasteiger partial charge in [0.1, 0.15) is 5.82 Å². The third kappa shape index (κ3) is 2.16. The molecule has 0 saturated heterocycles. The highest BCUT2D eigenvalue weighted by atomic mass is 127. The first-order valence-corrected chi connectivity index (χ1v) is 8.02. The summed E-state index contributed by atoms with van der Waals surface area (Å²) in [5, 5.41) is 0. The maximum atomic E-state index is 5.91. The number of nitrogens with zero attached hydrogens (tertiary/aromatic N) is 2. The van der Waals surface area contributed by atoms with Crippen LogP contribution in [-0.4, -0.2) is 15.4 Å². The van der Waals surface area contributed by atoms with Crippen molar-refractivity contribution < 1.29 is 0 Å². The van der Waals surface area contributed by atoms with Gasteiger partial charge in [0.05, 0.1) is 11.0 Å². The lowest BCUT2D eigenvalue weighted by Crippen LogP contribution is -2.26. The average molecular weight is 375 g/mol. The second kappa shape index (κ2) is 5.00. The Labute approximate surface area is 126 Å². The zero-order valence-electron chi connectivity index (χ0n) is 10.4. The SMILES string of the molecule is CC1CC(n2c(CCCl)nc3cc(I)ccc32)C1. The molecule has 0 aliphatic heterocycles. The van der Waals surface area contributed by atoms with Gasteiger partial charge >= 0.3 is 0 Å². The van der Waals surface area contributed by atoms with Crippen molar-refractivity contribution >= 4 is 45.2 Å². The van der Waals surface area contributed by atoms with Crippen LogP contribution in [0.3, 0.4) is 0 Å². The van der Waals surface area contributed by atoms with Crippen LogP contribution >= 0.6 is 34.2 Å². The number of fused-ring (bicyclic) bond motifs is 1. The van der Waals surface area contributed by atoms with Crippen LogP contribution in [0.5, 0.6) is 0 Å². The lowest BCUT2D eigenvalue weighted by Gasteiger charge is -2.35. The monoisotopic (exact) mass is 374 g/mol. The summed E-state index contributed by atoms with van der Waals surface area (Å²) < 4.78 is 3.66. The zero-order chi connectivity index (χ0) is 12.7. The molecule has 3 rings (SSSR count). The second-order valence-electron chi connectivity index (χ2n) is 5.20. The van der Waals surface area contributed by atoms with Crippen LogP contribution < -0.4 is 0 Å². The van der Waals surface area contributed by atoms with E-state index in [1.807, 2.05) is 0 Å². The number of aryl methyl sites for hydroxylation is 1. The molecule has 0 atom stereocenters. The van der Waals surface area contributed by atoms with Crippen molar-refractivity contribution in [2.75, 3.05) is 5.88 Å². The minimum Gasteiger partial charge on any atom is -0.325 e. The summed E-state index contributed by atoms with van der Waals surface area (Å²) in [5.74, 6) is 2.64. The maximum absolute atomic E-state index is 5.91. The molecule has 0 amide bonds. The molecule has 0 spiro atoms. The number of alkyl halides is 1. The number of benzene rings is 1. The third-order valence-electron chi connectivity index (χ3n) is 3.76. The first-order valence-electron chi connectivity index (χ1n) is 6.41. The molecule has 2 aromatic rings. The van der Waals surface area contributed by atoms with Crippen molar-refractivity contribution in [3.05, 3.63) is 27.6 Å². The summed E-state index contributed by atoms with van der Waals surface area (Å²) in [6, 6.07) is 7.15. The van der Waals surface area contributed by atoms with Crippen molar-refractivity contribution in [3.63, 3.8) is 0 Å². The van der Waals surface area contributed by atoms with Gasteiger partial charge in [0.15, 0.2) is 0 Å². The Hall–Kier alpha value is -0.290. The molecular weight excluding hydrogens is 359 g/mol. The van der Waals surface area contributed by atoms with Crippen LogP contribution in [0.15, 0.2) is 18.2 Å². The molecule has 1 aromatic heterocycles.